The molecule has 1 aliphatic carbocycles. The number of aromatic nitrogens is 2. The van der Waals surface area contributed by atoms with Crippen molar-refractivity contribution in [1.82, 2.24) is 10.1 Å². The summed E-state index contributed by atoms with van der Waals surface area (Å²) >= 11 is 0. The third kappa shape index (κ3) is 4.30. The van der Waals surface area contributed by atoms with Gasteiger partial charge in [-0.2, -0.15) is 4.98 Å². The average Bonchev–Trinajstić information content (AvgIpc) is 2.94. The van der Waals surface area contributed by atoms with E-state index in [4.69, 9.17) is 10.3 Å². The largest absolute Gasteiger partial charge is 0.339 e. The van der Waals surface area contributed by atoms with Crippen LogP contribution >= 0.6 is 0 Å². The molecule has 0 aromatic carbocycles. The molecule has 1 aliphatic rings. The van der Waals surface area contributed by atoms with E-state index in [0.29, 0.717) is 5.92 Å². The smallest absolute Gasteiger partial charge is 0.229 e. The lowest BCUT2D eigenvalue weighted by molar-refractivity contribution is 0.260. The summed E-state index contributed by atoms with van der Waals surface area (Å²) in [6.07, 6.45) is 10.8. The van der Waals surface area contributed by atoms with Crippen LogP contribution in [0.4, 0.5) is 0 Å². The van der Waals surface area contributed by atoms with Gasteiger partial charge in [0, 0.05) is 18.4 Å². The van der Waals surface area contributed by atoms with Crippen molar-refractivity contribution in [2.75, 3.05) is 0 Å². The van der Waals surface area contributed by atoms with Crippen molar-refractivity contribution in [2.24, 2.45) is 11.7 Å². The molecule has 1 aromatic heterocycles. The summed E-state index contributed by atoms with van der Waals surface area (Å²) in [5.41, 5.74) is 5.94. The normalized spacial score (nSPS) is 24.8. The highest BCUT2D eigenvalue weighted by Gasteiger charge is 2.26. The van der Waals surface area contributed by atoms with E-state index in [1.165, 1.54) is 44.9 Å². The SMILES string of the molecule is CCCCC1CCC(c2nc(CC(N)CC)no2)CC1. The topological polar surface area (TPSA) is 64.9 Å². The number of hydrogen-bond acceptors (Lipinski definition) is 4. The van der Waals surface area contributed by atoms with Crippen LogP contribution in [0.5, 0.6) is 0 Å². The molecule has 4 nitrogen and oxygen atoms in total. The van der Waals surface area contributed by atoms with E-state index in [-0.39, 0.29) is 6.04 Å². The van der Waals surface area contributed by atoms with Crippen LogP contribution in [0.15, 0.2) is 4.52 Å². The van der Waals surface area contributed by atoms with Gasteiger partial charge in [0.15, 0.2) is 5.82 Å². The van der Waals surface area contributed by atoms with Crippen LogP contribution in [-0.4, -0.2) is 16.2 Å². The maximum absolute atomic E-state index is 5.94. The van der Waals surface area contributed by atoms with Crippen molar-refractivity contribution in [3.63, 3.8) is 0 Å². The highest BCUT2D eigenvalue weighted by molar-refractivity contribution is 4.97. The van der Waals surface area contributed by atoms with E-state index >= 15 is 0 Å². The molecule has 114 valence electrons. The predicted octanol–water partition coefficient (Wildman–Crippen LogP) is 3.81. The second-order valence-electron chi connectivity index (χ2n) is 6.28. The summed E-state index contributed by atoms with van der Waals surface area (Å²) in [5, 5.41) is 4.08. The summed E-state index contributed by atoms with van der Waals surface area (Å²) in [5.74, 6) is 3.02. The fourth-order valence-electron chi connectivity index (χ4n) is 3.09. The first-order valence-corrected chi connectivity index (χ1v) is 8.31. The molecule has 2 rings (SSSR count). The van der Waals surface area contributed by atoms with Crippen LogP contribution in [0, 0.1) is 5.92 Å². The Morgan fingerprint density at radius 2 is 2.00 bits per heavy atom. The van der Waals surface area contributed by atoms with Gasteiger partial charge in [-0.3, -0.25) is 0 Å². The molecule has 0 amide bonds. The van der Waals surface area contributed by atoms with Crippen LogP contribution in [0.2, 0.25) is 0 Å². The quantitative estimate of drug-likeness (QED) is 0.824. The van der Waals surface area contributed by atoms with E-state index in [1.807, 2.05) is 0 Å². The van der Waals surface area contributed by atoms with Crippen molar-refractivity contribution in [1.29, 1.82) is 0 Å². The molecule has 4 heteroatoms. The lowest BCUT2D eigenvalue weighted by Crippen LogP contribution is -2.22. The second kappa shape index (κ2) is 7.77. The monoisotopic (exact) mass is 279 g/mol. The maximum Gasteiger partial charge on any atom is 0.229 e. The van der Waals surface area contributed by atoms with Crippen molar-refractivity contribution < 1.29 is 4.52 Å². The number of rotatable bonds is 7. The third-order valence-electron chi connectivity index (χ3n) is 4.61. The van der Waals surface area contributed by atoms with Crippen LogP contribution in [0.25, 0.3) is 0 Å². The molecule has 1 saturated carbocycles. The van der Waals surface area contributed by atoms with Gasteiger partial charge in [-0.05, 0) is 38.0 Å². The van der Waals surface area contributed by atoms with Gasteiger partial charge in [-0.15, -0.1) is 0 Å². The zero-order valence-electron chi connectivity index (χ0n) is 13.0. The molecule has 0 bridgehead atoms. The van der Waals surface area contributed by atoms with E-state index in [2.05, 4.69) is 24.0 Å². The van der Waals surface area contributed by atoms with Crippen molar-refractivity contribution in [2.45, 2.75) is 83.6 Å². The summed E-state index contributed by atoms with van der Waals surface area (Å²) in [4.78, 5) is 4.55. The Labute approximate surface area is 122 Å². The Morgan fingerprint density at radius 1 is 1.25 bits per heavy atom. The van der Waals surface area contributed by atoms with Crippen LogP contribution in [-0.2, 0) is 6.42 Å². The van der Waals surface area contributed by atoms with Gasteiger partial charge < -0.3 is 10.3 Å². The Kier molecular flexibility index (Phi) is 6.02. The molecule has 1 aromatic rings. The molecule has 0 saturated heterocycles. The second-order valence-corrected chi connectivity index (χ2v) is 6.28. The molecule has 0 spiro atoms. The van der Waals surface area contributed by atoms with Gasteiger partial charge in [0.2, 0.25) is 5.89 Å². The molecule has 1 atom stereocenters. The first-order chi connectivity index (χ1) is 9.72. The zero-order chi connectivity index (χ0) is 14.4. The van der Waals surface area contributed by atoms with Crippen LogP contribution in [0.3, 0.4) is 0 Å². The highest BCUT2D eigenvalue weighted by atomic mass is 16.5. The summed E-state index contributed by atoms with van der Waals surface area (Å²) in [7, 11) is 0. The lowest BCUT2D eigenvalue weighted by atomic mass is 9.80. The van der Waals surface area contributed by atoms with Gasteiger partial charge in [0.1, 0.15) is 0 Å². The molecule has 20 heavy (non-hydrogen) atoms. The average molecular weight is 279 g/mol. The Balaban J connectivity index is 1.81. The molecule has 0 radical (unpaired) electrons. The molecule has 1 fully saturated rings. The van der Waals surface area contributed by atoms with E-state index in [0.717, 1.165) is 30.5 Å². The molecular weight excluding hydrogens is 250 g/mol. The summed E-state index contributed by atoms with van der Waals surface area (Å²) < 4.78 is 5.45. The molecule has 1 unspecified atom stereocenters. The molecule has 0 aliphatic heterocycles. The standard InChI is InChI=1S/C16H29N3O/c1-3-5-6-12-7-9-13(10-8-12)16-18-15(19-20-16)11-14(17)4-2/h12-14H,3-11,17H2,1-2H3. The predicted molar refractivity (Wildman–Crippen MR) is 80.5 cm³/mol. The first-order valence-electron chi connectivity index (χ1n) is 8.31. The number of nitrogens with zero attached hydrogens (tertiary/aromatic N) is 2. The first kappa shape index (κ1) is 15.5. The Bertz CT molecular complexity index is 383. The number of unbranched alkanes of at least 4 members (excludes halogenated alkanes) is 1. The van der Waals surface area contributed by atoms with E-state index in [1.54, 1.807) is 0 Å². The van der Waals surface area contributed by atoms with Crippen LogP contribution in [0.1, 0.15) is 82.8 Å². The summed E-state index contributed by atoms with van der Waals surface area (Å²) in [6.45, 7) is 4.36. The third-order valence-corrected chi connectivity index (χ3v) is 4.61. The minimum Gasteiger partial charge on any atom is -0.339 e. The maximum atomic E-state index is 5.94. The van der Waals surface area contributed by atoms with Crippen LogP contribution < -0.4 is 5.73 Å². The molecule has 2 N–H and O–H groups in total. The summed E-state index contributed by atoms with van der Waals surface area (Å²) in [6, 6.07) is 0.144. The molecular formula is C16H29N3O. The number of nitrogens with two attached hydrogens (primary N) is 1. The Hall–Kier alpha value is -0.900. The van der Waals surface area contributed by atoms with Gasteiger partial charge in [0.25, 0.3) is 0 Å². The number of hydrogen-bond donors (Lipinski definition) is 1. The van der Waals surface area contributed by atoms with Crippen molar-refractivity contribution >= 4 is 0 Å². The van der Waals surface area contributed by atoms with Gasteiger partial charge >= 0.3 is 0 Å². The van der Waals surface area contributed by atoms with E-state index < -0.39 is 0 Å². The van der Waals surface area contributed by atoms with Gasteiger partial charge in [0.05, 0.1) is 0 Å². The minimum absolute atomic E-state index is 0.144. The van der Waals surface area contributed by atoms with E-state index in [9.17, 15) is 0 Å². The van der Waals surface area contributed by atoms with Crippen molar-refractivity contribution in [3.8, 4) is 0 Å². The fourth-order valence-corrected chi connectivity index (χ4v) is 3.09. The zero-order valence-corrected chi connectivity index (χ0v) is 13.0. The Morgan fingerprint density at radius 3 is 2.65 bits per heavy atom. The van der Waals surface area contributed by atoms with Gasteiger partial charge in [-0.25, -0.2) is 0 Å². The lowest BCUT2D eigenvalue weighted by Gasteiger charge is -2.26. The van der Waals surface area contributed by atoms with Gasteiger partial charge in [-0.1, -0.05) is 38.3 Å². The fraction of sp³-hybridized carbons (Fsp3) is 0.875. The molecule has 1 heterocycles. The van der Waals surface area contributed by atoms with Crippen molar-refractivity contribution in [3.05, 3.63) is 11.7 Å². The minimum atomic E-state index is 0.144. The highest BCUT2D eigenvalue weighted by Crippen LogP contribution is 2.36.